The molecule has 0 aromatic heterocycles. The zero-order valence-corrected chi connectivity index (χ0v) is 9.15. The molecule has 14 heavy (non-hydrogen) atoms. The van der Waals surface area contributed by atoms with Crippen molar-refractivity contribution in [3.05, 3.63) is 12.7 Å². The number of hydrogen-bond acceptors (Lipinski definition) is 2. The highest BCUT2D eigenvalue weighted by Crippen LogP contribution is 2.24. The number of nitrogens with one attached hydrogen (secondary N) is 1. The van der Waals surface area contributed by atoms with Crippen molar-refractivity contribution in [2.24, 2.45) is 16.8 Å². The van der Waals surface area contributed by atoms with E-state index in [9.17, 15) is 0 Å². The fraction of sp³-hybridized carbons (Fsp3) is 0.600. The van der Waals surface area contributed by atoms with Gasteiger partial charge in [0.1, 0.15) is 0 Å². The topological polar surface area (TPSA) is 50.4 Å². The lowest BCUT2D eigenvalue weighted by Gasteiger charge is -2.22. The molecule has 78 valence electrons. The quantitative estimate of drug-likeness (QED) is 0.426. The predicted molar refractivity (Wildman–Crippen MR) is 64.1 cm³/mol. The van der Waals surface area contributed by atoms with E-state index in [4.69, 9.17) is 18.0 Å². The monoisotopic (exact) mass is 211 g/mol. The third-order valence-corrected chi connectivity index (χ3v) is 2.56. The molecular formula is C10H17N3S. The van der Waals surface area contributed by atoms with E-state index in [0.29, 0.717) is 5.92 Å². The fourth-order valence-corrected chi connectivity index (χ4v) is 1.84. The minimum atomic E-state index is 0.237. The van der Waals surface area contributed by atoms with Crippen LogP contribution in [0.1, 0.15) is 32.1 Å². The summed E-state index contributed by atoms with van der Waals surface area (Å²) in [6.45, 7) is 3.76. The largest absolute Gasteiger partial charge is 0.375 e. The first-order valence-electron chi connectivity index (χ1n) is 4.97. The number of hydrazone groups is 1. The average Bonchev–Trinajstić information content (AvgIpc) is 2.17. The van der Waals surface area contributed by atoms with Crippen LogP contribution in [0.25, 0.3) is 0 Å². The highest BCUT2D eigenvalue weighted by atomic mass is 32.1. The van der Waals surface area contributed by atoms with Gasteiger partial charge in [-0.3, -0.25) is 5.43 Å². The van der Waals surface area contributed by atoms with Gasteiger partial charge in [0.05, 0.1) is 0 Å². The van der Waals surface area contributed by atoms with Crippen LogP contribution in [0.2, 0.25) is 0 Å². The van der Waals surface area contributed by atoms with E-state index in [1.54, 1.807) is 0 Å². The van der Waals surface area contributed by atoms with Gasteiger partial charge in [-0.1, -0.05) is 12.5 Å². The molecule has 1 aliphatic carbocycles. The van der Waals surface area contributed by atoms with Gasteiger partial charge in [0.25, 0.3) is 0 Å². The van der Waals surface area contributed by atoms with Gasteiger partial charge >= 0.3 is 0 Å². The van der Waals surface area contributed by atoms with Crippen LogP contribution in [0, 0.1) is 5.92 Å². The van der Waals surface area contributed by atoms with E-state index >= 15 is 0 Å². The normalized spacial score (nSPS) is 24.6. The molecule has 1 rings (SSSR count). The number of nitrogens with zero attached hydrogens (tertiary/aromatic N) is 1. The summed E-state index contributed by atoms with van der Waals surface area (Å²) in [4.78, 5) is 0. The first-order valence-corrected chi connectivity index (χ1v) is 5.37. The molecule has 1 aliphatic rings. The first-order chi connectivity index (χ1) is 6.74. The van der Waals surface area contributed by atoms with Crippen molar-refractivity contribution in [3.63, 3.8) is 0 Å². The van der Waals surface area contributed by atoms with Crippen LogP contribution in [0.3, 0.4) is 0 Å². The Kier molecular flexibility index (Phi) is 4.59. The molecule has 1 unspecified atom stereocenters. The zero-order chi connectivity index (χ0) is 10.4. The summed E-state index contributed by atoms with van der Waals surface area (Å²) in [5, 5.41) is 4.47. The number of thiocarbonyl (C=S) groups is 1. The SMILES string of the molecule is C=CCC1CCCCC1=NNC(N)=S. The van der Waals surface area contributed by atoms with Crippen molar-refractivity contribution < 1.29 is 0 Å². The summed E-state index contributed by atoms with van der Waals surface area (Å²) in [6, 6.07) is 0. The molecule has 1 saturated carbocycles. The maximum absolute atomic E-state index is 5.32. The zero-order valence-electron chi connectivity index (χ0n) is 8.33. The van der Waals surface area contributed by atoms with Crippen molar-refractivity contribution in [1.29, 1.82) is 0 Å². The fourth-order valence-electron chi connectivity index (χ4n) is 1.80. The summed E-state index contributed by atoms with van der Waals surface area (Å²) >= 11 is 4.71. The van der Waals surface area contributed by atoms with E-state index < -0.39 is 0 Å². The summed E-state index contributed by atoms with van der Waals surface area (Å²) in [5.41, 5.74) is 9.17. The second-order valence-electron chi connectivity index (χ2n) is 3.55. The number of hydrogen-bond donors (Lipinski definition) is 2. The van der Waals surface area contributed by atoms with Gasteiger partial charge in [0.2, 0.25) is 0 Å². The summed E-state index contributed by atoms with van der Waals surface area (Å²) < 4.78 is 0. The maximum Gasteiger partial charge on any atom is 0.184 e. The standard InChI is InChI=1S/C10H17N3S/c1-2-5-8-6-3-4-7-9(8)12-13-10(11)14/h2,8H,1,3-7H2,(H3,11,13,14). The molecular weight excluding hydrogens is 194 g/mol. The van der Waals surface area contributed by atoms with Crippen molar-refractivity contribution in [2.45, 2.75) is 32.1 Å². The third kappa shape index (κ3) is 3.46. The van der Waals surface area contributed by atoms with Crippen LogP contribution < -0.4 is 11.2 Å². The van der Waals surface area contributed by atoms with Gasteiger partial charge in [-0.2, -0.15) is 5.10 Å². The molecule has 1 fully saturated rings. The first kappa shape index (κ1) is 11.2. The molecule has 0 saturated heterocycles. The molecule has 0 aromatic carbocycles. The van der Waals surface area contributed by atoms with Crippen molar-refractivity contribution in [1.82, 2.24) is 5.43 Å². The maximum atomic E-state index is 5.32. The highest BCUT2D eigenvalue weighted by Gasteiger charge is 2.18. The minimum absolute atomic E-state index is 0.237. The van der Waals surface area contributed by atoms with E-state index in [0.717, 1.165) is 12.8 Å². The molecule has 0 spiro atoms. The van der Waals surface area contributed by atoms with E-state index in [1.807, 2.05) is 6.08 Å². The number of rotatable bonds is 3. The molecule has 1 atom stereocenters. The number of nitrogens with two attached hydrogens (primary N) is 1. The molecule has 0 bridgehead atoms. The summed E-state index contributed by atoms with van der Waals surface area (Å²) in [5.74, 6) is 0.531. The molecule has 4 heteroatoms. The Bertz CT molecular complexity index is 248. The van der Waals surface area contributed by atoms with Gasteiger partial charge in [-0.25, -0.2) is 0 Å². The van der Waals surface area contributed by atoms with Gasteiger partial charge in [-0.15, -0.1) is 6.58 Å². The van der Waals surface area contributed by atoms with Gasteiger partial charge in [-0.05, 0) is 37.9 Å². The van der Waals surface area contributed by atoms with Crippen molar-refractivity contribution in [3.8, 4) is 0 Å². The van der Waals surface area contributed by atoms with Crippen molar-refractivity contribution >= 4 is 23.0 Å². The van der Waals surface area contributed by atoms with Gasteiger partial charge in [0.15, 0.2) is 5.11 Å². The number of allylic oxidation sites excluding steroid dienone is 1. The molecule has 0 heterocycles. The van der Waals surface area contributed by atoms with Crippen LogP contribution in [0.5, 0.6) is 0 Å². The predicted octanol–water partition coefficient (Wildman–Crippen LogP) is 1.94. The minimum Gasteiger partial charge on any atom is -0.375 e. The lowest BCUT2D eigenvalue weighted by Crippen LogP contribution is -2.28. The Morgan fingerprint density at radius 2 is 2.50 bits per heavy atom. The second kappa shape index (κ2) is 5.75. The van der Waals surface area contributed by atoms with E-state index in [-0.39, 0.29) is 5.11 Å². The Labute approximate surface area is 90.4 Å². The van der Waals surface area contributed by atoms with Crippen LogP contribution in [-0.2, 0) is 0 Å². The highest BCUT2D eigenvalue weighted by molar-refractivity contribution is 7.80. The second-order valence-corrected chi connectivity index (χ2v) is 3.99. The molecule has 0 aromatic rings. The molecule has 3 nitrogen and oxygen atoms in total. The van der Waals surface area contributed by atoms with Crippen LogP contribution in [0.15, 0.2) is 17.8 Å². The lowest BCUT2D eigenvalue weighted by atomic mass is 9.85. The Morgan fingerprint density at radius 1 is 1.71 bits per heavy atom. The Hall–Kier alpha value is -0.900. The summed E-state index contributed by atoms with van der Waals surface area (Å²) in [7, 11) is 0. The molecule has 0 radical (unpaired) electrons. The Balaban J connectivity index is 2.56. The Morgan fingerprint density at radius 3 is 3.14 bits per heavy atom. The van der Waals surface area contributed by atoms with Gasteiger partial charge < -0.3 is 5.73 Å². The third-order valence-electron chi connectivity index (χ3n) is 2.47. The van der Waals surface area contributed by atoms with Crippen molar-refractivity contribution in [2.75, 3.05) is 0 Å². The lowest BCUT2D eigenvalue weighted by molar-refractivity contribution is 0.527. The molecule has 3 N–H and O–H groups in total. The van der Waals surface area contributed by atoms with Crippen LogP contribution in [0.4, 0.5) is 0 Å². The average molecular weight is 211 g/mol. The van der Waals surface area contributed by atoms with Gasteiger partial charge in [0, 0.05) is 11.6 Å². The summed E-state index contributed by atoms with van der Waals surface area (Å²) in [6.07, 6.45) is 7.69. The molecule has 0 amide bonds. The van der Waals surface area contributed by atoms with E-state index in [2.05, 4.69) is 17.1 Å². The van der Waals surface area contributed by atoms with Crippen LogP contribution in [-0.4, -0.2) is 10.8 Å². The van der Waals surface area contributed by atoms with E-state index in [1.165, 1.54) is 25.0 Å². The van der Waals surface area contributed by atoms with Crippen LogP contribution >= 0.6 is 12.2 Å². The smallest absolute Gasteiger partial charge is 0.184 e. The molecule has 0 aliphatic heterocycles.